The molecule has 3 rings (SSSR count). The van der Waals surface area contributed by atoms with Gasteiger partial charge in [-0.2, -0.15) is 0 Å². The van der Waals surface area contributed by atoms with Gasteiger partial charge in [-0.25, -0.2) is 0 Å². The zero-order valence-electron chi connectivity index (χ0n) is 14.0. The van der Waals surface area contributed by atoms with Gasteiger partial charge in [-0.15, -0.1) is 0 Å². The Hall–Kier alpha value is -2.55. The lowest BCUT2D eigenvalue weighted by atomic mass is 10.1. The van der Waals surface area contributed by atoms with E-state index in [4.69, 9.17) is 4.42 Å². The molecule has 0 aliphatic rings. The van der Waals surface area contributed by atoms with E-state index in [9.17, 15) is 4.79 Å². The molecule has 0 aliphatic heterocycles. The maximum Gasteiger partial charge on any atom is 0.291 e. The molecule has 23 heavy (non-hydrogen) atoms. The number of furan rings is 1. The maximum absolute atomic E-state index is 12.6. The van der Waals surface area contributed by atoms with Gasteiger partial charge >= 0.3 is 0 Å². The monoisotopic (exact) mass is 307 g/mol. The average Bonchev–Trinajstić information content (AvgIpc) is 2.87. The highest BCUT2D eigenvalue weighted by Gasteiger charge is 2.18. The lowest BCUT2D eigenvalue weighted by Gasteiger charge is -2.08. The van der Waals surface area contributed by atoms with Crippen LogP contribution in [0.15, 0.2) is 40.8 Å². The molecule has 0 bridgehead atoms. The van der Waals surface area contributed by atoms with Crippen molar-refractivity contribution < 1.29 is 9.21 Å². The smallest absolute Gasteiger partial charge is 0.291 e. The molecule has 0 saturated heterocycles. The van der Waals surface area contributed by atoms with Gasteiger partial charge in [0.2, 0.25) is 0 Å². The Balaban J connectivity index is 1.97. The number of aryl methyl sites for hydroxylation is 4. The number of hydrogen-bond donors (Lipinski definition) is 1. The van der Waals surface area contributed by atoms with Crippen LogP contribution in [0.1, 0.15) is 39.7 Å². The SMILES string of the molecule is CCc1ccc2oc(C(=O)Nc3cc(C)ccc3C)c(C)c2c1. The van der Waals surface area contributed by atoms with Crippen LogP contribution in [0, 0.1) is 20.8 Å². The van der Waals surface area contributed by atoms with Crippen molar-refractivity contribution in [2.75, 3.05) is 5.32 Å². The van der Waals surface area contributed by atoms with Crippen LogP contribution in [0.25, 0.3) is 11.0 Å². The van der Waals surface area contributed by atoms with Gasteiger partial charge in [0.25, 0.3) is 5.91 Å². The zero-order chi connectivity index (χ0) is 16.6. The molecule has 0 spiro atoms. The fraction of sp³-hybridized carbons (Fsp3) is 0.250. The Morgan fingerprint density at radius 1 is 1.09 bits per heavy atom. The summed E-state index contributed by atoms with van der Waals surface area (Å²) in [5.41, 5.74) is 5.85. The van der Waals surface area contributed by atoms with E-state index in [0.29, 0.717) is 5.76 Å². The fourth-order valence-electron chi connectivity index (χ4n) is 2.75. The number of carbonyl (C=O) groups excluding carboxylic acids is 1. The van der Waals surface area contributed by atoms with Gasteiger partial charge in [0, 0.05) is 16.6 Å². The molecule has 118 valence electrons. The van der Waals surface area contributed by atoms with Gasteiger partial charge < -0.3 is 9.73 Å². The number of carbonyl (C=O) groups is 1. The quantitative estimate of drug-likeness (QED) is 0.725. The van der Waals surface area contributed by atoms with Crippen LogP contribution < -0.4 is 5.32 Å². The van der Waals surface area contributed by atoms with Crippen molar-refractivity contribution in [2.24, 2.45) is 0 Å². The molecule has 3 heteroatoms. The molecule has 0 saturated carbocycles. The number of nitrogens with one attached hydrogen (secondary N) is 1. The first-order valence-electron chi connectivity index (χ1n) is 7.90. The Labute approximate surface area is 136 Å². The van der Waals surface area contributed by atoms with E-state index in [1.54, 1.807) is 0 Å². The molecule has 1 aromatic heterocycles. The average molecular weight is 307 g/mol. The minimum Gasteiger partial charge on any atom is -0.451 e. The van der Waals surface area contributed by atoms with Crippen molar-refractivity contribution in [1.82, 2.24) is 0 Å². The van der Waals surface area contributed by atoms with Crippen LogP contribution in [0.4, 0.5) is 5.69 Å². The molecule has 1 N–H and O–H groups in total. The Kier molecular flexibility index (Phi) is 3.95. The number of amides is 1. The summed E-state index contributed by atoms with van der Waals surface area (Å²) in [5.74, 6) is 0.180. The molecule has 0 aliphatic carbocycles. The second-order valence-electron chi connectivity index (χ2n) is 6.01. The van der Waals surface area contributed by atoms with E-state index in [1.807, 2.05) is 51.1 Å². The number of anilines is 1. The van der Waals surface area contributed by atoms with Gasteiger partial charge in [0.05, 0.1) is 0 Å². The van der Waals surface area contributed by atoms with E-state index in [1.165, 1.54) is 5.56 Å². The molecule has 0 fully saturated rings. The van der Waals surface area contributed by atoms with Gasteiger partial charge in [0.1, 0.15) is 5.58 Å². The third kappa shape index (κ3) is 2.87. The summed E-state index contributed by atoms with van der Waals surface area (Å²) in [7, 11) is 0. The summed E-state index contributed by atoms with van der Waals surface area (Å²) in [6.45, 7) is 8.04. The van der Waals surface area contributed by atoms with E-state index >= 15 is 0 Å². The van der Waals surface area contributed by atoms with Gasteiger partial charge in [-0.05, 0) is 62.1 Å². The number of benzene rings is 2. The summed E-state index contributed by atoms with van der Waals surface area (Å²) >= 11 is 0. The first-order chi connectivity index (χ1) is 11.0. The first-order valence-corrected chi connectivity index (χ1v) is 7.90. The van der Waals surface area contributed by atoms with Crippen LogP contribution in [0.2, 0.25) is 0 Å². The zero-order valence-corrected chi connectivity index (χ0v) is 14.0. The molecule has 3 nitrogen and oxygen atoms in total. The minimum absolute atomic E-state index is 0.203. The molecular formula is C20H21NO2. The van der Waals surface area contributed by atoms with Crippen LogP contribution in [-0.4, -0.2) is 5.91 Å². The van der Waals surface area contributed by atoms with E-state index in [-0.39, 0.29) is 5.91 Å². The summed E-state index contributed by atoms with van der Waals surface area (Å²) in [6, 6.07) is 12.1. The second kappa shape index (κ2) is 5.92. The first kappa shape index (κ1) is 15.3. The number of hydrogen-bond acceptors (Lipinski definition) is 2. The largest absolute Gasteiger partial charge is 0.451 e. The van der Waals surface area contributed by atoms with Crippen LogP contribution in [-0.2, 0) is 6.42 Å². The molecule has 3 aromatic rings. The predicted molar refractivity (Wildman–Crippen MR) is 94.2 cm³/mol. The third-order valence-electron chi connectivity index (χ3n) is 4.26. The molecule has 2 aromatic carbocycles. The normalized spacial score (nSPS) is 11.0. The van der Waals surface area contributed by atoms with Gasteiger partial charge in [-0.3, -0.25) is 4.79 Å². The molecule has 0 radical (unpaired) electrons. The molecule has 0 unspecified atom stereocenters. The van der Waals surface area contributed by atoms with E-state index in [0.717, 1.165) is 39.8 Å². The van der Waals surface area contributed by atoms with Crippen LogP contribution >= 0.6 is 0 Å². The number of rotatable bonds is 3. The van der Waals surface area contributed by atoms with E-state index < -0.39 is 0 Å². The topological polar surface area (TPSA) is 42.2 Å². The summed E-state index contributed by atoms with van der Waals surface area (Å²) < 4.78 is 5.79. The Bertz CT molecular complexity index is 890. The molecular weight excluding hydrogens is 286 g/mol. The lowest BCUT2D eigenvalue weighted by Crippen LogP contribution is -2.13. The Morgan fingerprint density at radius 2 is 1.87 bits per heavy atom. The van der Waals surface area contributed by atoms with Crippen molar-refractivity contribution in [3.63, 3.8) is 0 Å². The summed E-state index contributed by atoms with van der Waals surface area (Å²) in [4.78, 5) is 12.6. The standard InChI is InChI=1S/C20H21NO2/c1-5-15-8-9-18-16(11-15)14(4)19(23-18)20(22)21-17-10-12(2)6-7-13(17)3/h6-11H,5H2,1-4H3,(H,21,22). The van der Waals surface area contributed by atoms with Crippen molar-refractivity contribution >= 4 is 22.6 Å². The summed E-state index contributed by atoms with van der Waals surface area (Å²) in [6.07, 6.45) is 0.963. The van der Waals surface area contributed by atoms with Crippen LogP contribution in [0.3, 0.4) is 0 Å². The molecule has 1 heterocycles. The van der Waals surface area contributed by atoms with Crippen molar-refractivity contribution in [3.8, 4) is 0 Å². The van der Waals surface area contributed by atoms with E-state index in [2.05, 4.69) is 18.3 Å². The molecule has 0 atom stereocenters. The number of fused-ring (bicyclic) bond motifs is 1. The van der Waals surface area contributed by atoms with Crippen molar-refractivity contribution in [2.45, 2.75) is 34.1 Å². The minimum atomic E-state index is -0.203. The predicted octanol–water partition coefficient (Wildman–Crippen LogP) is 5.17. The van der Waals surface area contributed by atoms with Gasteiger partial charge in [0.15, 0.2) is 5.76 Å². The van der Waals surface area contributed by atoms with Crippen molar-refractivity contribution in [3.05, 3.63) is 64.4 Å². The second-order valence-corrected chi connectivity index (χ2v) is 6.01. The lowest BCUT2D eigenvalue weighted by molar-refractivity contribution is 0.0998. The highest BCUT2D eigenvalue weighted by Crippen LogP contribution is 2.27. The van der Waals surface area contributed by atoms with Gasteiger partial charge in [-0.1, -0.05) is 25.1 Å². The highest BCUT2D eigenvalue weighted by atomic mass is 16.3. The van der Waals surface area contributed by atoms with Crippen LogP contribution in [0.5, 0.6) is 0 Å². The maximum atomic E-state index is 12.6. The Morgan fingerprint density at radius 3 is 2.61 bits per heavy atom. The molecule has 1 amide bonds. The highest BCUT2D eigenvalue weighted by molar-refractivity contribution is 6.06. The fourth-order valence-corrected chi connectivity index (χ4v) is 2.75. The van der Waals surface area contributed by atoms with Crippen molar-refractivity contribution in [1.29, 1.82) is 0 Å². The third-order valence-corrected chi connectivity index (χ3v) is 4.26. The summed E-state index contributed by atoms with van der Waals surface area (Å²) in [5, 5.41) is 3.97.